The first-order valence-electron chi connectivity index (χ1n) is 8.11. The molecule has 3 N–H and O–H groups in total. The second-order valence-corrected chi connectivity index (χ2v) is 6.30. The molecule has 1 fully saturated rings. The number of rotatable bonds is 7. The molecule has 3 amide bonds. The van der Waals surface area contributed by atoms with Crippen LogP contribution in [-0.2, 0) is 16.1 Å². The lowest BCUT2D eigenvalue weighted by atomic mass is 10.0. The van der Waals surface area contributed by atoms with Crippen molar-refractivity contribution >= 4 is 11.9 Å². The van der Waals surface area contributed by atoms with Crippen LogP contribution in [0.2, 0.25) is 0 Å². The number of nitrogens with one attached hydrogen (secondary N) is 3. The van der Waals surface area contributed by atoms with Crippen molar-refractivity contribution in [2.45, 2.75) is 25.9 Å². The molecule has 0 unspecified atom stereocenters. The third-order valence-corrected chi connectivity index (χ3v) is 4.00. The Morgan fingerprint density at radius 1 is 1.21 bits per heavy atom. The van der Waals surface area contributed by atoms with Gasteiger partial charge in [0, 0.05) is 25.2 Å². The van der Waals surface area contributed by atoms with Gasteiger partial charge in [-0.3, -0.25) is 9.69 Å². The molecule has 0 radical (unpaired) electrons. The summed E-state index contributed by atoms with van der Waals surface area (Å²) in [4.78, 5) is 25.8. The Hall–Kier alpha value is -2.06. The minimum Gasteiger partial charge on any atom is -0.467 e. The van der Waals surface area contributed by atoms with Crippen LogP contribution in [-0.4, -0.2) is 61.8 Å². The maximum absolute atomic E-state index is 11.8. The zero-order valence-corrected chi connectivity index (χ0v) is 14.3. The van der Waals surface area contributed by atoms with Crippen LogP contribution in [0.5, 0.6) is 0 Å². The molecule has 8 nitrogen and oxygen atoms in total. The molecule has 0 aromatic carbocycles. The van der Waals surface area contributed by atoms with Crippen molar-refractivity contribution in [3.8, 4) is 0 Å². The first-order valence-corrected chi connectivity index (χ1v) is 8.11. The normalized spacial score (nSPS) is 15.8. The van der Waals surface area contributed by atoms with Gasteiger partial charge < -0.3 is 25.1 Å². The smallest absolute Gasteiger partial charge is 0.315 e. The van der Waals surface area contributed by atoms with E-state index in [1.165, 1.54) is 0 Å². The van der Waals surface area contributed by atoms with Crippen molar-refractivity contribution in [1.82, 2.24) is 20.9 Å². The van der Waals surface area contributed by atoms with Crippen molar-refractivity contribution < 1.29 is 18.7 Å². The molecule has 0 bridgehead atoms. The average Bonchev–Trinajstić information content (AvgIpc) is 3.10. The van der Waals surface area contributed by atoms with Gasteiger partial charge >= 0.3 is 6.03 Å². The number of furan rings is 1. The summed E-state index contributed by atoms with van der Waals surface area (Å²) in [6.45, 7) is 8.01. The molecule has 1 aromatic heterocycles. The van der Waals surface area contributed by atoms with E-state index in [1.807, 2.05) is 0 Å². The monoisotopic (exact) mass is 338 g/mol. The lowest BCUT2D eigenvalue weighted by Gasteiger charge is -2.40. The van der Waals surface area contributed by atoms with E-state index in [1.54, 1.807) is 18.4 Å². The zero-order chi connectivity index (χ0) is 17.4. The van der Waals surface area contributed by atoms with Crippen LogP contribution in [0.25, 0.3) is 0 Å². The fraction of sp³-hybridized carbons (Fsp3) is 0.625. The topological polar surface area (TPSA) is 95.8 Å². The number of ether oxygens (including phenoxy) is 1. The van der Waals surface area contributed by atoms with E-state index in [2.05, 4.69) is 34.7 Å². The Morgan fingerprint density at radius 2 is 1.96 bits per heavy atom. The molecule has 2 rings (SSSR count). The van der Waals surface area contributed by atoms with Gasteiger partial charge in [0.1, 0.15) is 5.76 Å². The van der Waals surface area contributed by atoms with E-state index in [9.17, 15) is 9.59 Å². The molecule has 1 aliphatic heterocycles. The summed E-state index contributed by atoms with van der Waals surface area (Å²) in [7, 11) is 0. The molecular formula is C16H26N4O4. The van der Waals surface area contributed by atoms with Gasteiger partial charge in [-0.1, -0.05) is 0 Å². The van der Waals surface area contributed by atoms with Crippen LogP contribution in [0.3, 0.4) is 0 Å². The molecule has 0 aliphatic carbocycles. The summed E-state index contributed by atoms with van der Waals surface area (Å²) in [5, 5.41) is 8.03. The van der Waals surface area contributed by atoms with Gasteiger partial charge in [-0.25, -0.2) is 4.79 Å². The van der Waals surface area contributed by atoms with Crippen LogP contribution >= 0.6 is 0 Å². The summed E-state index contributed by atoms with van der Waals surface area (Å²) < 4.78 is 10.5. The number of hydrogen-bond acceptors (Lipinski definition) is 5. The molecule has 1 aliphatic rings. The van der Waals surface area contributed by atoms with E-state index >= 15 is 0 Å². The highest BCUT2D eigenvalue weighted by atomic mass is 16.5. The summed E-state index contributed by atoms with van der Waals surface area (Å²) in [6.07, 6.45) is 1.55. The van der Waals surface area contributed by atoms with Crippen molar-refractivity contribution in [2.24, 2.45) is 0 Å². The van der Waals surface area contributed by atoms with E-state index < -0.39 is 0 Å². The number of carbonyl (C=O) groups is 2. The second-order valence-electron chi connectivity index (χ2n) is 6.30. The van der Waals surface area contributed by atoms with Gasteiger partial charge in [0.25, 0.3) is 0 Å². The van der Waals surface area contributed by atoms with E-state index in [4.69, 9.17) is 9.15 Å². The maximum atomic E-state index is 11.8. The Balaban J connectivity index is 1.62. The number of urea groups is 1. The number of amides is 3. The van der Waals surface area contributed by atoms with Gasteiger partial charge in [-0.2, -0.15) is 0 Å². The summed E-state index contributed by atoms with van der Waals surface area (Å²) in [5.74, 6) is 0.397. The van der Waals surface area contributed by atoms with Gasteiger partial charge in [0.15, 0.2) is 0 Å². The number of nitrogens with zero attached hydrogens (tertiary/aromatic N) is 1. The van der Waals surface area contributed by atoms with Crippen molar-refractivity contribution in [2.75, 3.05) is 39.4 Å². The highest BCUT2D eigenvalue weighted by Crippen LogP contribution is 2.14. The number of morpholine rings is 1. The van der Waals surface area contributed by atoms with Crippen LogP contribution in [0.1, 0.15) is 19.6 Å². The van der Waals surface area contributed by atoms with E-state index in [0.717, 1.165) is 13.1 Å². The van der Waals surface area contributed by atoms with Crippen LogP contribution in [0.4, 0.5) is 4.79 Å². The maximum Gasteiger partial charge on any atom is 0.315 e. The summed E-state index contributed by atoms with van der Waals surface area (Å²) in [6, 6.07) is 3.17. The molecular weight excluding hydrogens is 312 g/mol. The van der Waals surface area contributed by atoms with Crippen LogP contribution < -0.4 is 16.0 Å². The SMILES string of the molecule is CC(C)(CNC(=O)NCC(=O)NCc1ccco1)N1CCOCC1. The highest BCUT2D eigenvalue weighted by Gasteiger charge is 2.28. The first-order chi connectivity index (χ1) is 11.5. The molecule has 134 valence electrons. The molecule has 0 spiro atoms. The molecule has 0 atom stereocenters. The fourth-order valence-electron chi connectivity index (χ4n) is 2.46. The Labute approximate surface area is 141 Å². The Kier molecular flexibility index (Phi) is 6.62. The van der Waals surface area contributed by atoms with Crippen LogP contribution in [0.15, 0.2) is 22.8 Å². The fourth-order valence-corrected chi connectivity index (χ4v) is 2.46. The molecule has 2 heterocycles. The average molecular weight is 338 g/mol. The highest BCUT2D eigenvalue weighted by molar-refractivity contribution is 5.83. The Morgan fingerprint density at radius 3 is 2.62 bits per heavy atom. The molecule has 0 saturated carbocycles. The quantitative estimate of drug-likeness (QED) is 0.665. The predicted molar refractivity (Wildman–Crippen MR) is 88.4 cm³/mol. The second kappa shape index (κ2) is 8.70. The van der Waals surface area contributed by atoms with Gasteiger partial charge in [0.2, 0.25) is 5.91 Å². The first kappa shape index (κ1) is 18.3. The van der Waals surface area contributed by atoms with Gasteiger partial charge in [-0.05, 0) is 26.0 Å². The number of hydrogen-bond donors (Lipinski definition) is 3. The van der Waals surface area contributed by atoms with Crippen molar-refractivity contribution in [3.05, 3.63) is 24.2 Å². The van der Waals surface area contributed by atoms with Gasteiger partial charge in [-0.15, -0.1) is 0 Å². The molecule has 1 aromatic rings. The van der Waals surface area contributed by atoms with Gasteiger partial charge in [0.05, 0.1) is 32.6 Å². The zero-order valence-electron chi connectivity index (χ0n) is 14.3. The minimum atomic E-state index is -0.357. The van der Waals surface area contributed by atoms with Crippen molar-refractivity contribution in [3.63, 3.8) is 0 Å². The van der Waals surface area contributed by atoms with E-state index in [-0.39, 0.29) is 24.0 Å². The summed E-state index contributed by atoms with van der Waals surface area (Å²) >= 11 is 0. The minimum absolute atomic E-state index is 0.0788. The summed E-state index contributed by atoms with van der Waals surface area (Å²) in [5.41, 5.74) is -0.164. The molecule has 8 heteroatoms. The molecule has 1 saturated heterocycles. The Bertz CT molecular complexity index is 524. The van der Waals surface area contributed by atoms with Crippen molar-refractivity contribution in [1.29, 1.82) is 0 Å². The largest absolute Gasteiger partial charge is 0.467 e. The lowest BCUT2D eigenvalue weighted by molar-refractivity contribution is -0.120. The van der Waals surface area contributed by atoms with Crippen LogP contribution in [0, 0.1) is 0 Å². The standard InChI is InChI=1S/C16H26N4O4/c1-16(2,20-5-8-23-9-6-20)12-19-15(22)18-11-14(21)17-10-13-4-3-7-24-13/h3-4,7H,5-6,8-12H2,1-2H3,(H,17,21)(H2,18,19,22). The van der Waals surface area contributed by atoms with E-state index in [0.29, 0.717) is 32.1 Å². The lowest BCUT2D eigenvalue weighted by Crippen LogP contribution is -2.56. The third-order valence-electron chi connectivity index (χ3n) is 4.00. The molecule has 24 heavy (non-hydrogen) atoms. The third kappa shape index (κ3) is 5.86. The predicted octanol–water partition coefficient (Wildman–Crippen LogP) is 0.306. The number of carbonyl (C=O) groups excluding carboxylic acids is 2.